The minimum absolute atomic E-state index is 0. The molecule has 0 aliphatic rings. The molecule has 0 bridgehead atoms. The summed E-state index contributed by atoms with van der Waals surface area (Å²) in [5.41, 5.74) is 0. The maximum atomic E-state index is 7.46. The molecule has 0 aromatic rings. The normalized spacial score (nSPS) is 4.50. The molecule has 1 N–H and O–H groups in total. The Labute approximate surface area is 40.9 Å². The van der Waals surface area contributed by atoms with E-state index in [1.165, 1.54) is 0 Å². The summed E-state index contributed by atoms with van der Waals surface area (Å²) in [6.07, 6.45) is 0. The van der Waals surface area contributed by atoms with E-state index in [9.17, 15) is 0 Å². The quantitative estimate of drug-likeness (QED) is 0.325. The zero-order valence-electron chi connectivity index (χ0n) is 2.36. The van der Waals surface area contributed by atoms with Crippen LogP contribution in [0.1, 0.15) is 0 Å². The summed E-state index contributed by atoms with van der Waals surface area (Å²) in [4.78, 5) is 0. The van der Waals surface area contributed by atoms with Crippen molar-refractivity contribution in [2.45, 2.75) is 0 Å². The number of hydrogen-bond acceptors (Lipinski definition) is 1. The van der Waals surface area contributed by atoms with E-state index >= 15 is 0 Å². The van der Waals surface area contributed by atoms with Gasteiger partial charge in [0, 0.05) is 21.7 Å². The standard InChI is InChI=1S/C2H5O.Ti/c1-2-3;/h3H,1-2H2;/q-1;. The molecular weight excluding hydrogens is 87.9 g/mol. The van der Waals surface area contributed by atoms with Crippen molar-refractivity contribution >= 4 is 0 Å². The first-order valence-corrected chi connectivity index (χ1v) is 0.816. The third kappa shape index (κ3) is 16.5. The third-order valence-electron chi connectivity index (χ3n) is 0. The molecule has 0 fully saturated rings. The van der Waals surface area contributed by atoms with Gasteiger partial charge in [-0.2, -0.15) is 0 Å². The van der Waals surface area contributed by atoms with Crippen molar-refractivity contribution in [3.05, 3.63) is 6.92 Å². The summed E-state index contributed by atoms with van der Waals surface area (Å²) in [7, 11) is 0. The maximum Gasteiger partial charge on any atom is 0 e. The van der Waals surface area contributed by atoms with Crippen molar-refractivity contribution in [2.75, 3.05) is 6.61 Å². The molecular formula is C2H5OTi-. The average molecular weight is 92.9 g/mol. The summed E-state index contributed by atoms with van der Waals surface area (Å²) >= 11 is 0. The van der Waals surface area contributed by atoms with E-state index < -0.39 is 0 Å². The first kappa shape index (κ1) is 8.82. The van der Waals surface area contributed by atoms with Crippen LogP contribution in [0.3, 0.4) is 0 Å². The van der Waals surface area contributed by atoms with Gasteiger partial charge in [-0.25, -0.2) is 0 Å². The summed E-state index contributed by atoms with van der Waals surface area (Å²) in [5.74, 6) is 0. The zero-order chi connectivity index (χ0) is 2.71. The monoisotopic (exact) mass is 93.0 g/mol. The van der Waals surface area contributed by atoms with Crippen LogP contribution < -0.4 is 0 Å². The molecule has 0 atom stereocenters. The molecule has 0 amide bonds. The van der Waals surface area contributed by atoms with Gasteiger partial charge in [-0.1, -0.05) is 6.61 Å². The second-order valence-corrected chi connectivity index (χ2v) is 0.224. The minimum Gasteiger partial charge on any atom is -0.428 e. The van der Waals surface area contributed by atoms with Crippen LogP contribution in [0.15, 0.2) is 0 Å². The molecule has 1 nitrogen and oxygen atoms in total. The van der Waals surface area contributed by atoms with Crippen LogP contribution >= 0.6 is 0 Å². The summed E-state index contributed by atoms with van der Waals surface area (Å²) < 4.78 is 0. The Kier molecular flexibility index (Phi) is 20.7. The Hall–Kier alpha value is 0.674. The third-order valence-corrected chi connectivity index (χ3v) is 0. The van der Waals surface area contributed by atoms with Crippen molar-refractivity contribution in [3.8, 4) is 0 Å². The largest absolute Gasteiger partial charge is 0.428 e. The molecule has 4 heavy (non-hydrogen) atoms. The van der Waals surface area contributed by atoms with Crippen LogP contribution in [0, 0.1) is 6.92 Å². The van der Waals surface area contributed by atoms with E-state index in [4.69, 9.17) is 5.11 Å². The van der Waals surface area contributed by atoms with Gasteiger partial charge in [0.05, 0.1) is 0 Å². The van der Waals surface area contributed by atoms with Crippen molar-refractivity contribution in [1.29, 1.82) is 0 Å². The van der Waals surface area contributed by atoms with Crippen molar-refractivity contribution in [1.82, 2.24) is 0 Å². The van der Waals surface area contributed by atoms with E-state index in [1.54, 1.807) is 0 Å². The molecule has 0 aliphatic carbocycles. The van der Waals surface area contributed by atoms with Crippen LogP contribution in [0.2, 0.25) is 0 Å². The summed E-state index contributed by atoms with van der Waals surface area (Å²) in [6.45, 7) is 3.04. The SMILES string of the molecule is [CH2-]CO.[Ti]. The molecule has 0 heterocycles. The summed E-state index contributed by atoms with van der Waals surface area (Å²) in [5, 5.41) is 7.46. The molecule has 0 aliphatic heterocycles. The van der Waals surface area contributed by atoms with Crippen LogP contribution in [-0.2, 0) is 21.7 Å². The zero-order valence-corrected chi connectivity index (χ0v) is 3.92. The average Bonchev–Trinajstić information content (AvgIpc) is 0.918. The first-order valence-electron chi connectivity index (χ1n) is 0.816. The predicted molar refractivity (Wildman–Crippen MR) is 12.4 cm³/mol. The Balaban J connectivity index is 0. The van der Waals surface area contributed by atoms with Gasteiger partial charge in [0.1, 0.15) is 0 Å². The Bertz CT molecular complexity index is 6.00. The van der Waals surface area contributed by atoms with Gasteiger partial charge < -0.3 is 12.0 Å². The Morgan fingerprint density at radius 1 is 1.75 bits per heavy atom. The van der Waals surface area contributed by atoms with E-state index in [1.807, 2.05) is 0 Å². The molecule has 0 saturated carbocycles. The van der Waals surface area contributed by atoms with Crippen LogP contribution in [0.4, 0.5) is 0 Å². The van der Waals surface area contributed by atoms with Gasteiger partial charge in [0.2, 0.25) is 0 Å². The second kappa shape index (κ2) is 9.37. The molecule has 0 spiro atoms. The molecule has 0 radical (unpaired) electrons. The Morgan fingerprint density at radius 3 is 1.75 bits per heavy atom. The predicted octanol–water partition coefficient (Wildman–Crippen LogP) is -0.190. The van der Waals surface area contributed by atoms with Gasteiger partial charge >= 0.3 is 0 Å². The van der Waals surface area contributed by atoms with Gasteiger partial charge in [-0.15, -0.1) is 0 Å². The van der Waals surface area contributed by atoms with Crippen LogP contribution in [-0.4, -0.2) is 11.7 Å². The van der Waals surface area contributed by atoms with E-state index in [-0.39, 0.29) is 28.3 Å². The molecule has 0 unspecified atom stereocenters. The number of rotatable bonds is 0. The number of aliphatic hydroxyl groups is 1. The van der Waals surface area contributed by atoms with Crippen molar-refractivity contribution < 1.29 is 26.8 Å². The molecule has 0 saturated heterocycles. The molecule has 0 rings (SSSR count). The van der Waals surface area contributed by atoms with Crippen LogP contribution in [0.5, 0.6) is 0 Å². The molecule has 0 aromatic carbocycles. The van der Waals surface area contributed by atoms with Crippen LogP contribution in [0.25, 0.3) is 0 Å². The van der Waals surface area contributed by atoms with Gasteiger partial charge in [0.25, 0.3) is 0 Å². The first-order chi connectivity index (χ1) is 1.41. The molecule has 0 aromatic heterocycles. The van der Waals surface area contributed by atoms with E-state index in [2.05, 4.69) is 6.92 Å². The van der Waals surface area contributed by atoms with E-state index in [0.717, 1.165) is 0 Å². The molecule has 2 heteroatoms. The van der Waals surface area contributed by atoms with Crippen molar-refractivity contribution in [2.24, 2.45) is 0 Å². The van der Waals surface area contributed by atoms with Gasteiger partial charge in [0.15, 0.2) is 0 Å². The fourth-order valence-electron chi connectivity index (χ4n) is 0. The fraction of sp³-hybridized carbons (Fsp3) is 0.500. The smallest absolute Gasteiger partial charge is 0 e. The van der Waals surface area contributed by atoms with E-state index in [0.29, 0.717) is 0 Å². The molecule has 24 valence electrons. The number of aliphatic hydroxyl groups excluding tert-OH is 1. The minimum atomic E-state index is 0. The second-order valence-electron chi connectivity index (χ2n) is 0.224. The Morgan fingerprint density at radius 2 is 1.75 bits per heavy atom. The van der Waals surface area contributed by atoms with Crippen molar-refractivity contribution in [3.63, 3.8) is 0 Å². The van der Waals surface area contributed by atoms with Gasteiger partial charge in [-0.05, 0) is 0 Å². The summed E-state index contributed by atoms with van der Waals surface area (Å²) in [6, 6.07) is 0. The van der Waals surface area contributed by atoms with Gasteiger partial charge in [-0.3, -0.25) is 0 Å². The topological polar surface area (TPSA) is 20.2 Å². The maximum absolute atomic E-state index is 7.46. The number of hydrogen-bond donors (Lipinski definition) is 1. The fourth-order valence-corrected chi connectivity index (χ4v) is 0.